The van der Waals surface area contributed by atoms with Crippen LogP contribution in [0.5, 0.6) is 0 Å². The highest BCUT2D eigenvalue weighted by Gasteiger charge is 2.71. The molecule has 47 heavy (non-hydrogen) atoms. The minimum Gasteiger partial charge on any atom is -0.458 e. The van der Waals surface area contributed by atoms with Crippen molar-refractivity contribution in [1.29, 1.82) is 0 Å². The largest absolute Gasteiger partial charge is 0.458 e. The molecule has 264 valence electrons. The molecule has 7 aliphatic rings. The summed E-state index contributed by atoms with van der Waals surface area (Å²) in [5.41, 5.74) is -2.86. The van der Waals surface area contributed by atoms with Crippen LogP contribution in [0.15, 0.2) is 11.6 Å². The Kier molecular flexibility index (Phi) is 8.72. The van der Waals surface area contributed by atoms with Crippen molar-refractivity contribution < 1.29 is 63.9 Å². The van der Waals surface area contributed by atoms with E-state index in [0.717, 1.165) is 18.3 Å². The molecule has 3 aliphatic heterocycles. The second-order valence-corrected chi connectivity index (χ2v) is 15.7. The van der Waals surface area contributed by atoms with Gasteiger partial charge in [-0.1, -0.05) is 6.92 Å². The van der Waals surface area contributed by atoms with E-state index in [-0.39, 0.29) is 49.8 Å². The van der Waals surface area contributed by atoms with Gasteiger partial charge in [0.1, 0.15) is 37.3 Å². The Hall–Kier alpha value is -1.52. The van der Waals surface area contributed by atoms with E-state index in [1.807, 2.05) is 0 Å². The molecule has 13 nitrogen and oxygen atoms in total. The molecule has 2 saturated heterocycles. The van der Waals surface area contributed by atoms with E-state index >= 15 is 0 Å². The van der Waals surface area contributed by atoms with Gasteiger partial charge in [-0.15, -0.1) is 0 Å². The highest BCUT2D eigenvalue weighted by molar-refractivity contribution is 5.85. The number of cyclic esters (lactones) is 1. The number of fused-ring (bicyclic) bond motifs is 5. The molecule has 0 aromatic carbocycles. The zero-order chi connectivity index (χ0) is 33.5. The summed E-state index contributed by atoms with van der Waals surface area (Å²) >= 11 is 0. The van der Waals surface area contributed by atoms with E-state index < -0.39 is 77.3 Å². The van der Waals surface area contributed by atoms with Gasteiger partial charge in [-0.25, -0.2) is 4.79 Å². The smallest absolute Gasteiger partial charge is 0.331 e. The van der Waals surface area contributed by atoms with Gasteiger partial charge in [-0.2, -0.15) is 0 Å². The fraction of sp³-hybridized carbons (Fsp3) is 0.882. The van der Waals surface area contributed by atoms with Crippen LogP contribution >= 0.6 is 0 Å². The lowest BCUT2D eigenvalue weighted by Crippen LogP contribution is -2.69. The number of aliphatic hydroxyl groups excluding tert-OH is 4. The first-order chi connectivity index (χ1) is 22.2. The monoisotopic (exact) mass is 666 g/mol. The maximum atomic E-state index is 13.1. The summed E-state index contributed by atoms with van der Waals surface area (Å²) in [6.45, 7) is 3.86. The summed E-state index contributed by atoms with van der Waals surface area (Å²) in [4.78, 5) is 25.0. The summed E-state index contributed by atoms with van der Waals surface area (Å²) in [7, 11) is 0. The van der Waals surface area contributed by atoms with Crippen LogP contribution in [0, 0.1) is 28.6 Å². The molecule has 13 heteroatoms. The van der Waals surface area contributed by atoms with Crippen molar-refractivity contribution in [3.63, 3.8) is 0 Å². The Morgan fingerprint density at radius 2 is 1.70 bits per heavy atom. The number of hydrogen-bond acceptors (Lipinski definition) is 13. The molecule has 0 unspecified atom stereocenters. The zero-order valence-corrected chi connectivity index (χ0v) is 27.1. The van der Waals surface area contributed by atoms with Gasteiger partial charge in [0, 0.05) is 24.3 Å². The molecular weight excluding hydrogens is 616 g/mol. The fourth-order valence-corrected chi connectivity index (χ4v) is 11.0. The van der Waals surface area contributed by atoms with Crippen LogP contribution in [0.3, 0.4) is 0 Å². The van der Waals surface area contributed by atoms with Gasteiger partial charge in [0.2, 0.25) is 0 Å². The number of hydrogen-bond donors (Lipinski definition) is 6. The molecule has 0 spiro atoms. The molecule has 7 rings (SSSR count). The van der Waals surface area contributed by atoms with Crippen molar-refractivity contribution in [3.05, 3.63) is 11.6 Å². The minimum absolute atomic E-state index is 0.0370. The maximum absolute atomic E-state index is 13.1. The summed E-state index contributed by atoms with van der Waals surface area (Å²) in [5.74, 6) is -0.635. The summed E-state index contributed by atoms with van der Waals surface area (Å²) in [6, 6.07) is 0. The molecule has 0 aromatic rings. The Balaban J connectivity index is 1.01. The molecule has 4 saturated carbocycles. The van der Waals surface area contributed by atoms with Gasteiger partial charge in [0.05, 0.1) is 41.5 Å². The van der Waals surface area contributed by atoms with E-state index in [9.17, 15) is 40.2 Å². The highest BCUT2D eigenvalue weighted by Crippen LogP contribution is 2.70. The number of esters is 1. The minimum atomic E-state index is -1.50. The van der Waals surface area contributed by atoms with Crippen LogP contribution in [0.4, 0.5) is 0 Å². The number of aliphatic hydroxyl groups is 6. The average molecular weight is 667 g/mol. The van der Waals surface area contributed by atoms with Gasteiger partial charge in [0.15, 0.2) is 12.6 Å². The second-order valence-electron chi connectivity index (χ2n) is 15.7. The van der Waals surface area contributed by atoms with Gasteiger partial charge < -0.3 is 59.1 Å². The molecule has 3 heterocycles. The van der Waals surface area contributed by atoms with Crippen molar-refractivity contribution in [2.24, 2.45) is 28.6 Å². The molecular formula is C34H50O13. The SMILES string of the molecule is C[C@H]1O[C@@H](O[C@H]2CC[C@]3(C=O)[C@H]4CC[C@]5(C)[C@@H](C6=CC(=O)OC6)CC[C@]5(O)[C@@H]4CC[C@]3(O)C2)C[C@H](O)[C@H]1O[C@@H]1OC[C@@H](O)[C@H](O)[C@H]1O. The van der Waals surface area contributed by atoms with E-state index in [4.69, 9.17) is 23.7 Å². The van der Waals surface area contributed by atoms with Gasteiger partial charge in [-0.3, -0.25) is 0 Å². The number of aldehydes is 1. The lowest BCUT2D eigenvalue weighted by atomic mass is 9.41. The van der Waals surface area contributed by atoms with E-state index in [1.165, 1.54) is 0 Å². The van der Waals surface area contributed by atoms with E-state index in [2.05, 4.69) is 6.92 Å². The topological polar surface area (TPSA) is 202 Å². The van der Waals surface area contributed by atoms with E-state index in [0.29, 0.717) is 44.9 Å². The molecule has 6 fully saturated rings. The number of rotatable bonds is 6. The number of carbonyl (C=O) groups excluding carboxylic acids is 2. The maximum Gasteiger partial charge on any atom is 0.331 e. The van der Waals surface area contributed by atoms with Gasteiger partial charge in [0.25, 0.3) is 0 Å². The Morgan fingerprint density at radius 3 is 2.40 bits per heavy atom. The predicted molar refractivity (Wildman–Crippen MR) is 160 cm³/mol. The molecule has 6 N–H and O–H groups in total. The normalized spacial score (nSPS) is 54.6. The van der Waals surface area contributed by atoms with Crippen molar-refractivity contribution in [3.8, 4) is 0 Å². The Morgan fingerprint density at radius 1 is 0.936 bits per heavy atom. The average Bonchev–Trinajstić information content (AvgIpc) is 3.57. The van der Waals surface area contributed by atoms with Crippen LogP contribution in [0.25, 0.3) is 0 Å². The fourth-order valence-electron chi connectivity index (χ4n) is 11.0. The third-order valence-corrected chi connectivity index (χ3v) is 13.6. The highest BCUT2D eigenvalue weighted by atomic mass is 16.7. The zero-order valence-electron chi connectivity index (χ0n) is 27.1. The van der Waals surface area contributed by atoms with Crippen LogP contribution < -0.4 is 0 Å². The predicted octanol–water partition coefficient (Wildman–Crippen LogP) is 0.243. The number of carbonyl (C=O) groups is 2. The molecule has 0 radical (unpaired) electrons. The standard InChI is InChI=1S/C34H50O13/c1-17-29(47-30-28(40)27(39)24(37)15-44-30)23(36)12-26(45-17)46-19-3-8-32(16-35)21-4-7-31(2)20(18-11-25(38)43-14-18)6-10-34(31,42)22(21)5-9-33(32,41)13-19/h11,16-17,19-24,26-30,36-37,39-42H,3-10,12-15H2,1-2H3/t17-,19+,20-,21+,22-,23+,24-,26+,27+,28-,29+,30+,31-,32+,33+,34+/m1/s1. The Bertz CT molecular complexity index is 1250. The van der Waals surface area contributed by atoms with Gasteiger partial charge in [-0.05, 0) is 81.6 Å². The Labute approximate surface area is 274 Å². The summed E-state index contributed by atoms with van der Waals surface area (Å²) < 4.78 is 28.7. The lowest BCUT2D eigenvalue weighted by Gasteiger charge is -2.65. The molecule has 0 aromatic heterocycles. The third-order valence-electron chi connectivity index (χ3n) is 13.6. The first-order valence-corrected chi connectivity index (χ1v) is 17.3. The summed E-state index contributed by atoms with van der Waals surface area (Å²) in [5, 5.41) is 65.7. The van der Waals surface area contributed by atoms with Crippen LogP contribution in [0.2, 0.25) is 0 Å². The molecule has 0 bridgehead atoms. The molecule has 4 aliphatic carbocycles. The molecule has 16 atom stereocenters. The van der Waals surface area contributed by atoms with Crippen molar-refractivity contribution in [2.75, 3.05) is 13.2 Å². The first-order valence-electron chi connectivity index (χ1n) is 17.3. The third kappa shape index (κ3) is 5.18. The van der Waals surface area contributed by atoms with Gasteiger partial charge >= 0.3 is 5.97 Å². The van der Waals surface area contributed by atoms with Crippen LogP contribution in [-0.4, -0.2) is 123 Å². The van der Waals surface area contributed by atoms with Crippen molar-refractivity contribution in [1.82, 2.24) is 0 Å². The van der Waals surface area contributed by atoms with Crippen molar-refractivity contribution >= 4 is 12.3 Å². The van der Waals surface area contributed by atoms with Crippen molar-refractivity contribution in [2.45, 2.75) is 145 Å². The second kappa shape index (κ2) is 12.1. The van der Waals surface area contributed by atoms with E-state index in [1.54, 1.807) is 13.0 Å². The number of ether oxygens (including phenoxy) is 5. The lowest BCUT2D eigenvalue weighted by molar-refractivity contribution is -0.331. The van der Waals surface area contributed by atoms with Crippen LogP contribution in [0.1, 0.15) is 78.1 Å². The quantitative estimate of drug-likeness (QED) is 0.128. The first kappa shape index (κ1) is 34.0. The molecule has 0 amide bonds. The summed E-state index contributed by atoms with van der Waals surface area (Å²) in [6.07, 6.45) is -1.89. The van der Waals surface area contributed by atoms with Crippen LogP contribution in [-0.2, 0) is 33.3 Å².